The number of nitrogens with zero attached hydrogens (tertiary/aromatic N) is 2. The minimum absolute atomic E-state index is 0.154. The van der Waals surface area contributed by atoms with Gasteiger partial charge in [0.25, 0.3) is 0 Å². The molecule has 1 fully saturated rings. The minimum atomic E-state index is -3.61. The Morgan fingerprint density at radius 2 is 1.78 bits per heavy atom. The molecule has 1 aliphatic heterocycles. The van der Waals surface area contributed by atoms with Crippen LogP contribution in [0.4, 0.5) is 11.4 Å². The molecule has 1 aliphatic rings. The van der Waals surface area contributed by atoms with E-state index in [0.29, 0.717) is 31.1 Å². The van der Waals surface area contributed by atoms with Crippen molar-refractivity contribution in [3.63, 3.8) is 0 Å². The minimum Gasteiger partial charge on any atom is -0.492 e. The number of hydrogen-bond acceptors (Lipinski definition) is 5. The molecule has 0 aliphatic carbocycles. The van der Waals surface area contributed by atoms with Crippen LogP contribution in [0.5, 0.6) is 5.75 Å². The van der Waals surface area contributed by atoms with Crippen LogP contribution in [-0.2, 0) is 14.8 Å². The van der Waals surface area contributed by atoms with Gasteiger partial charge in [-0.3, -0.25) is 4.79 Å². The second kappa shape index (κ2) is 10.7. The van der Waals surface area contributed by atoms with E-state index in [4.69, 9.17) is 4.74 Å². The first-order valence-corrected chi connectivity index (χ1v) is 12.3. The van der Waals surface area contributed by atoms with Crippen LogP contribution in [0.1, 0.15) is 31.7 Å². The normalized spacial score (nSPS) is 15.0. The smallest absolute Gasteiger partial charge is 0.248 e. The Hall–Kier alpha value is -2.84. The fourth-order valence-corrected chi connectivity index (χ4v) is 5.08. The van der Waals surface area contributed by atoms with Gasteiger partial charge in [-0.1, -0.05) is 18.6 Å². The number of anilines is 2. The van der Waals surface area contributed by atoms with E-state index in [0.717, 1.165) is 30.5 Å². The van der Waals surface area contributed by atoms with E-state index in [9.17, 15) is 13.2 Å². The number of rotatable bonds is 8. The monoisotopic (exact) mass is 457 g/mol. The van der Waals surface area contributed by atoms with Crippen molar-refractivity contribution < 1.29 is 17.9 Å². The molecule has 0 radical (unpaired) electrons. The van der Waals surface area contributed by atoms with Gasteiger partial charge in [0.1, 0.15) is 5.75 Å². The third-order valence-electron chi connectivity index (χ3n) is 5.30. The fraction of sp³-hybridized carbons (Fsp3) is 0.375. The van der Waals surface area contributed by atoms with Crippen molar-refractivity contribution in [1.29, 1.82) is 0 Å². The van der Waals surface area contributed by atoms with Crippen LogP contribution in [-0.4, -0.2) is 52.4 Å². The molecular formula is C24H31N3O4S. The second-order valence-electron chi connectivity index (χ2n) is 7.86. The van der Waals surface area contributed by atoms with E-state index in [2.05, 4.69) is 5.32 Å². The highest BCUT2D eigenvalue weighted by molar-refractivity contribution is 7.89. The first-order chi connectivity index (χ1) is 15.3. The van der Waals surface area contributed by atoms with Crippen LogP contribution in [0.2, 0.25) is 0 Å². The van der Waals surface area contributed by atoms with Gasteiger partial charge in [-0.2, -0.15) is 4.31 Å². The number of amides is 1. The van der Waals surface area contributed by atoms with Crippen LogP contribution < -0.4 is 15.0 Å². The Morgan fingerprint density at radius 1 is 1.09 bits per heavy atom. The van der Waals surface area contributed by atoms with Crippen LogP contribution >= 0.6 is 0 Å². The van der Waals surface area contributed by atoms with Crippen LogP contribution in [0, 0.1) is 0 Å². The van der Waals surface area contributed by atoms with E-state index in [1.165, 1.54) is 22.5 Å². The Labute approximate surface area is 190 Å². The second-order valence-corrected chi connectivity index (χ2v) is 9.80. The van der Waals surface area contributed by atoms with Crippen molar-refractivity contribution in [2.75, 3.05) is 44.0 Å². The quantitative estimate of drug-likeness (QED) is 0.607. The maximum atomic E-state index is 13.0. The number of carbonyl (C=O) groups is 1. The maximum absolute atomic E-state index is 13.0. The molecule has 172 valence electrons. The topological polar surface area (TPSA) is 79.0 Å². The molecule has 0 bridgehead atoms. The lowest BCUT2D eigenvalue weighted by atomic mass is 10.2. The lowest BCUT2D eigenvalue weighted by molar-refractivity contribution is -0.111. The molecule has 0 aromatic heterocycles. The van der Waals surface area contributed by atoms with Gasteiger partial charge in [-0.05, 0) is 61.7 Å². The van der Waals surface area contributed by atoms with Gasteiger partial charge in [-0.25, -0.2) is 8.42 Å². The Balaban J connectivity index is 1.79. The molecule has 2 aromatic rings. The highest BCUT2D eigenvalue weighted by atomic mass is 32.2. The third kappa shape index (κ3) is 5.89. The molecule has 1 N–H and O–H groups in total. The summed E-state index contributed by atoms with van der Waals surface area (Å²) >= 11 is 0. The molecule has 8 heteroatoms. The zero-order valence-corrected chi connectivity index (χ0v) is 19.7. The summed E-state index contributed by atoms with van der Waals surface area (Å²) in [7, 11) is 0.318. The number of ether oxygens (including phenoxy) is 1. The van der Waals surface area contributed by atoms with E-state index >= 15 is 0 Å². The Kier molecular flexibility index (Phi) is 7.93. The van der Waals surface area contributed by atoms with Crippen LogP contribution in [0.3, 0.4) is 0 Å². The van der Waals surface area contributed by atoms with Crippen molar-refractivity contribution in [1.82, 2.24) is 4.31 Å². The predicted molar refractivity (Wildman–Crippen MR) is 129 cm³/mol. The fourth-order valence-electron chi connectivity index (χ4n) is 3.53. The lowest BCUT2D eigenvalue weighted by Gasteiger charge is -2.26. The molecule has 0 unspecified atom stereocenters. The van der Waals surface area contributed by atoms with Crippen molar-refractivity contribution >= 4 is 33.4 Å². The van der Waals surface area contributed by atoms with E-state index in [1.54, 1.807) is 12.1 Å². The number of hydrogen-bond donors (Lipinski definition) is 1. The lowest BCUT2D eigenvalue weighted by Crippen LogP contribution is -2.35. The van der Waals surface area contributed by atoms with Crippen molar-refractivity contribution in [3.8, 4) is 5.75 Å². The van der Waals surface area contributed by atoms with Crippen molar-refractivity contribution in [3.05, 3.63) is 54.1 Å². The third-order valence-corrected chi connectivity index (χ3v) is 7.19. The van der Waals surface area contributed by atoms with Gasteiger partial charge < -0.3 is 15.0 Å². The zero-order valence-electron chi connectivity index (χ0n) is 18.9. The summed E-state index contributed by atoms with van der Waals surface area (Å²) in [5.74, 6) is 0.0670. The molecular weight excluding hydrogens is 426 g/mol. The summed E-state index contributed by atoms with van der Waals surface area (Å²) < 4.78 is 33.2. The molecule has 1 heterocycles. The van der Waals surface area contributed by atoms with E-state index < -0.39 is 10.0 Å². The SMILES string of the molecule is CCOc1ccc(S(=O)(=O)N2CCCCC2)cc1NC(=O)/C=C/c1ccc(N(C)C)cc1. The number of nitrogens with one attached hydrogen (secondary N) is 1. The van der Waals surface area contributed by atoms with Crippen molar-refractivity contribution in [2.24, 2.45) is 0 Å². The summed E-state index contributed by atoms with van der Waals surface area (Å²) in [5.41, 5.74) is 2.29. The standard InChI is InChI=1S/C24H31N3O4S/c1-4-31-23-14-13-21(32(29,30)27-16-6-5-7-17-27)18-22(23)25-24(28)15-10-19-8-11-20(12-9-19)26(2)3/h8-15,18H,4-7,16-17H2,1-3H3,(H,25,28)/b15-10+. The first kappa shape index (κ1) is 23.8. The van der Waals surface area contributed by atoms with E-state index in [1.807, 2.05) is 50.2 Å². The van der Waals surface area contributed by atoms with Gasteiger partial charge in [-0.15, -0.1) is 0 Å². The zero-order chi connectivity index (χ0) is 23.1. The molecule has 7 nitrogen and oxygen atoms in total. The van der Waals surface area contributed by atoms with Gasteiger partial charge in [0, 0.05) is 38.9 Å². The van der Waals surface area contributed by atoms with Crippen LogP contribution in [0.15, 0.2) is 53.4 Å². The summed E-state index contributed by atoms with van der Waals surface area (Å²) in [6, 6.07) is 12.4. The number of piperidine rings is 1. The highest BCUT2D eigenvalue weighted by Gasteiger charge is 2.27. The molecule has 32 heavy (non-hydrogen) atoms. The summed E-state index contributed by atoms with van der Waals surface area (Å²) in [5, 5.41) is 2.77. The van der Waals surface area contributed by atoms with Gasteiger partial charge in [0.2, 0.25) is 15.9 Å². The molecule has 0 saturated carbocycles. The average Bonchev–Trinajstić information content (AvgIpc) is 2.79. The van der Waals surface area contributed by atoms with Crippen LogP contribution in [0.25, 0.3) is 6.08 Å². The highest BCUT2D eigenvalue weighted by Crippen LogP contribution is 2.30. The summed E-state index contributed by atoms with van der Waals surface area (Å²) in [6.07, 6.45) is 5.90. The van der Waals surface area contributed by atoms with Crippen molar-refractivity contribution in [2.45, 2.75) is 31.1 Å². The van der Waals surface area contributed by atoms with Gasteiger partial charge in [0.15, 0.2) is 0 Å². The largest absolute Gasteiger partial charge is 0.492 e. The van der Waals surface area contributed by atoms with Gasteiger partial charge in [0.05, 0.1) is 17.2 Å². The summed E-state index contributed by atoms with van der Waals surface area (Å²) in [4.78, 5) is 14.7. The summed E-state index contributed by atoms with van der Waals surface area (Å²) in [6.45, 7) is 3.27. The molecule has 0 atom stereocenters. The Morgan fingerprint density at radius 3 is 2.41 bits per heavy atom. The number of carbonyl (C=O) groups excluding carboxylic acids is 1. The predicted octanol–water partition coefficient (Wildman–Crippen LogP) is 3.98. The Bertz CT molecular complexity index is 1060. The first-order valence-electron chi connectivity index (χ1n) is 10.8. The molecule has 3 rings (SSSR count). The number of sulfonamides is 1. The maximum Gasteiger partial charge on any atom is 0.248 e. The molecule has 1 saturated heterocycles. The molecule has 0 spiro atoms. The average molecular weight is 458 g/mol. The van der Waals surface area contributed by atoms with Gasteiger partial charge >= 0.3 is 0 Å². The molecule has 1 amide bonds. The number of benzene rings is 2. The molecule has 2 aromatic carbocycles. The van der Waals surface area contributed by atoms with E-state index in [-0.39, 0.29) is 10.8 Å².